The van der Waals surface area contributed by atoms with Crippen molar-refractivity contribution in [1.29, 1.82) is 0 Å². The Labute approximate surface area is 126 Å². The van der Waals surface area contributed by atoms with Gasteiger partial charge in [-0.2, -0.15) is 6.07 Å². The van der Waals surface area contributed by atoms with Crippen molar-refractivity contribution in [1.82, 2.24) is 0 Å². The summed E-state index contributed by atoms with van der Waals surface area (Å²) in [4.78, 5) is 0. The van der Waals surface area contributed by atoms with Crippen LogP contribution in [0.25, 0.3) is 10.8 Å². The minimum atomic E-state index is 0. The Kier molecular flexibility index (Phi) is 7.38. The summed E-state index contributed by atoms with van der Waals surface area (Å²) in [7, 11) is 0. The van der Waals surface area contributed by atoms with Gasteiger partial charge in [-0.15, -0.1) is 34.5 Å². The molecule has 2 aromatic rings. The number of rotatable bonds is 0. The minimum Gasteiger partial charge on any atom is -0.358 e. The average molecular weight is 394 g/mol. The van der Waals surface area contributed by atoms with E-state index in [4.69, 9.17) is 0 Å². The normalized spacial score (nSPS) is 10.1. The van der Waals surface area contributed by atoms with E-state index in [-0.39, 0.29) is 46.1 Å². The van der Waals surface area contributed by atoms with E-state index in [1.54, 1.807) is 0 Å². The van der Waals surface area contributed by atoms with Gasteiger partial charge in [-0.25, -0.2) is 0 Å². The molecule has 17 heavy (non-hydrogen) atoms. The Balaban J connectivity index is 0. The molecule has 0 heterocycles. The van der Waals surface area contributed by atoms with E-state index >= 15 is 0 Å². The monoisotopic (exact) mass is 395 g/mol. The summed E-state index contributed by atoms with van der Waals surface area (Å²) >= 11 is 0. The Morgan fingerprint density at radius 1 is 1.06 bits per heavy atom. The Morgan fingerprint density at radius 3 is 2.18 bits per heavy atom. The maximum absolute atomic E-state index is 2.29. The summed E-state index contributed by atoms with van der Waals surface area (Å²) in [6.07, 6.45) is 0. The Hall–Kier alpha value is -0.300. The molecule has 0 atom stereocenters. The molecule has 2 rings (SSSR count). The zero-order chi connectivity index (χ0) is 10.3. The summed E-state index contributed by atoms with van der Waals surface area (Å²) < 4.78 is 0. The number of benzene rings is 1. The molecule has 0 aliphatic carbocycles. The quantitative estimate of drug-likeness (QED) is 0.433. The number of hydrogen-bond donors (Lipinski definition) is 0. The van der Waals surface area contributed by atoms with Crippen LogP contribution in [0.2, 0.25) is 0 Å². The van der Waals surface area contributed by atoms with E-state index in [2.05, 4.69) is 58.0 Å². The second kappa shape index (κ2) is 6.58. The predicted octanol–water partition coefficient (Wildman–Crippen LogP) is 5.06. The molecular formula is C16H23Hf-3. The first kappa shape index (κ1) is 19.0. The molecule has 0 N–H and O–H groups in total. The average Bonchev–Trinajstić information content (AvgIpc) is 2.41. The molecule has 0 saturated heterocycles. The molecule has 0 unspecified atom stereocenters. The Morgan fingerprint density at radius 2 is 1.65 bits per heavy atom. The Bertz CT molecular complexity index is 458. The van der Waals surface area contributed by atoms with Crippen LogP contribution in [0, 0.1) is 21.8 Å². The molecule has 0 fully saturated rings. The molecule has 0 spiro atoms. The van der Waals surface area contributed by atoms with Crippen molar-refractivity contribution in [2.24, 2.45) is 0 Å². The molecule has 0 radical (unpaired) electrons. The zero-order valence-electron chi connectivity index (χ0n) is 11.9. The fourth-order valence-corrected chi connectivity index (χ4v) is 2.04. The zero-order valence-corrected chi connectivity index (χ0v) is 15.5. The van der Waals surface area contributed by atoms with Crippen LogP contribution < -0.4 is 0 Å². The summed E-state index contributed by atoms with van der Waals surface area (Å²) in [6.45, 7) is 8.96. The van der Waals surface area contributed by atoms with Crippen LogP contribution in [-0.4, -0.2) is 0 Å². The molecule has 0 aliphatic rings. The van der Waals surface area contributed by atoms with E-state index in [0.29, 0.717) is 0 Å². The van der Waals surface area contributed by atoms with Crippen molar-refractivity contribution in [2.75, 3.05) is 0 Å². The predicted molar refractivity (Wildman–Crippen MR) is 75.8 cm³/mol. The molecule has 0 aromatic heterocycles. The van der Waals surface area contributed by atoms with Gasteiger partial charge in [0.25, 0.3) is 0 Å². The third-order valence-electron chi connectivity index (χ3n) is 2.70. The van der Waals surface area contributed by atoms with Crippen LogP contribution in [0.4, 0.5) is 0 Å². The van der Waals surface area contributed by atoms with Crippen LogP contribution in [0.15, 0.2) is 30.3 Å². The molecule has 0 bridgehead atoms. The van der Waals surface area contributed by atoms with Gasteiger partial charge in [-0.1, -0.05) is 39.3 Å². The van der Waals surface area contributed by atoms with Crippen molar-refractivity contribution in [3.63, 3.8) is 0 Å². The second-order valence-corrected chi connectivity index (χ2v) is 5.09. The van der Waals surface area contributed by atoms with E-state index in [1.165, 1.54) is 21.9 Å². The molecule has 0 nitrogen and oxygen atoms in total. The van der Waals surface area contributed by atoms with Crippen LogP contribution in [-0.2, 0) is 31.3 Å². The smallest absolute Gasteiger partial charge is 0 e. The van der Waals surface area contributed by atoms with Crippen LogP contribution >= 0.6 is 0 Å². The first-order valence-corrected chi connectivity index (χ1v) is 5.15. The molecule has 0 amide bonds. The van der Waals surface area contributed by atoms with Crippen LogP contribution in [0.3, 0.4) is 0 Å². The van der Waals surface area contributed by atoms with Crippen molar-refractivity contribution in [3.05, 3.63) is 56.3 Å². The molecular weight excluding hydrogens is 371 g/mol. The fourth-order valence-electron chi connectivity index (χ4n) is 2.04. The van der Waals surface area contributed by atoms with E-state index < -0.39 is 0 Å². The summed E-state index contributed by atoms with van der Waals surface area (Å²) in [5, 5.41) is 2.78. The second-order valence-electron chi connectivity index (χ2n) is 5.09. The van der Waals surface area contributed by atoms with Gasteiger partial charge >= 0.3 is 0 Å². The van der Waals surface area contributed by atoms with Crippen LogP contribution in [0.1, 0.15) is 31.9 Å². The van der Waals surface area contributed by atoms with Gasteiger partial charge in [0.05, 0.1) is 0 Å². The van der Waals surface area contributed by atoms with Crippen molar-refractivity contribution < 1.29 is 25.8 Å². The topological polar surface area (TPSA) is 0 Å². The van der Waals surface area contributed by atoms with E-state index in [0.717, 1.165) is 0 Å². The van der Waals surface area contributed by atoms with Gasteiger partial charge in [0.2, 0.25) is 0 Å². The maximum atomic E-state index is 2.29. The van der Waals surface area contributed by atoms with Gasteiger partial charge in [0.1, 0.15) is 0 Å². The fraction of sp³-hybridized carbons (Fsp3) is 0.312. The first-order valence-electron chi connectivity index (χ1n) is 5.15. The molecule has 0 aliphatic heterocycles. The van der Waals surface area contributed by atoms with E-state index in [1.807, 2.05) is 0 Å². The van der Waals surface area contributed by atoms with Gasteiger partial charge in [-0.05, 0) is 5.41 Å². The van der Waals surface area contributed by atoms with Crippen molar-refractivity contribution in [2.45, 2.75) is 33.1 Å². The number of hydrogen-bond acceptors (Lipinski definition) is 0. The minimum absolute atomic E-state index is 0. The largest absolute Gasteiger partial charge is 0.358 e. The first-order chi connectivity index (χ1) is 6.48. The molecule has 0 saturated carbocycles. The van der Waals surface area contributed by atoms with Crippen molar-refractivity contribution in [3.8, 4) is 0 Å². The van der Waals surface area contributed by atoms with E-state index in [9.17, 15) is 0 Å². The summed E-state index contributed by atoms with van der Waals surface area (Å²) in [6, 6.07) is 11.1. The van der Waals surface area contributed by atoms with Gasteiger partial charge < -0.3 is 14.9 Å². The SMILES string of the molecule is Cc1cc2c(C(C)(C)C)cccc2[cH-]1.[CH3-].[CH3-].[Hf]. The third kappa shape index (κ3) is 3.84. The summed E-state index contributed by atoms with van der Waals surface area (Å²) in [5.41, 5.74) is 3.04. The molecule has 94 valence electrons. The third-order valence-corrected chi connectivity index (χ3v) is 2.70. The van der Waals surface area contributed by atoms with Crippen molar-refractivity contribution >= 4 is 10.8 Å². The number of fused-ring (bicyclic) bond motifs is 1. The summed E-state index contributed by atoms with van der Waals surface area (Å²) in [5.74, 6) is 0. The van der Waals surface area contributed by atoms with Crippen LogP contribution in [0.5, 0.6) is 0 Å². The standard InChI is InChI=1S/C14H17.2CH3.Hf/c1-10-8-11-6-5-7-13(12(11)9-10)14(2,3)4;;;/h5-9H,1-4H3;2*1H3;/q3*-1;. The van der Waals surface area contributed by atoms with Gasteiger partial charge in [-0.3, -0.25) is 0 Å². The number of aryl methyl sites for hydroxylation is 1. The molecule has 2 aromatic carbocycles. The van der Waals surface area contributed by atoms with Gasteiger partial charge in [0, 0.05) is 25.8 Å². The molecule has 1 heteroatoms. The van der Waals surface area contributed by atoms with Gasteiger partial charge in [0.15, 0.2) is 0 Å². The maximum Gasteiger partial charge on any atom is 0 e.